The van der Waals surface area contributed by atoms with Gasteiger partial charge in [0.05, 0.1) is 19.8 Å². The Morgan fingerprint density at radius 3 is 2.71 bits per heavy atom. The Balaban J connectivity index is 2.46. The number of rotatable bonds is 7. The highest BCUT2D eigenvalue weighted by Crippen LogP contribution is 2.25. The summed E-state index contributed by atoms with van der Waals surface area (Å²) in [5, 5.41) is 9.39. The summed E-state index contributed by atoms with van der Waals surface area (Å²) in [5.41, 5.74) is 1.12. The van der Waals surface area contributed by atoms with Gasteiger partial charge in [0.25, 0.3) is 0 Å². The van der Waals surface area contributed by atoms with E-state index in [9.17, 15) is 0 Å². The molecule has 1 rings (SSSR count). The zero-order chi connectivity index (χ0) is 12.7. The zero-order valence-corrected chi connectivity index (χ0v) is 11.2. The standard InChI is InChI=1S/C13H20ClNO2/c1-11(12-5-3-4-6-13(12)14)15(2)7-9-17-10-8-16/h3-6,11,16H,7-10H2,1-2H3. The third-order valence-electron chi connectivity index (χ3n) is 2.84. The predicted octanol–water partition coefficient (Wildman–Crippen LogP) is 2.34. The summed E-state index contributed by atoms with van der Waals surface area (Å²) >= 11 is 6.16. The van der Waals surface area contributed by atoms with Crippen molar-refractivity contribution in [1.29, 1.82) is 0 Å². The summed E-state index contributed by atoms with van der Waals surface area (Å²) in [4.78, 5) is 2.18. The van der Waals surface area contributed by atoms with Crippen molar-refractivity contribution in [2.24, 2.45) is 0 Å². The van der Waals surface area contributed by atoms with E-state index in [0.29, 0.717) is 13.2 Å². The van der Waals surface area contributed by atoms with E-state index in [-0.39, 0.29) is 12.6 Å². The molecule has 0 aliphatic rings. The Morgan fingerprint density at radius 1 is 1.35 bits per heavy atom. The molecule has 0 spiro atoms. The first-order valence-electron chi connectivity index (χ1n) is 5.80. The van der Waals surface area contributed by atoms with Crippen LogP contribution in [0, 0.1) is 0 Å². The lowest BCUT2D eigenvalue weighted by molar-refractivity contribution is 0.0719. The average Bonchev–Trinajstić information content (AvgIpc) is 2.34. The van der Waals surface area contributed by atoms with Gasteiger partial charge < -0.3 is 9.84 Å². The van der Waals surface area contributed by atoms with Crippen LogP contribution in [0.25, 0.3) is 0 Å². The SMILES string of the molecule is CC(c1ccccc1Cl)N(C)CCOCCO. The minimum Gasteiger partial charge on any atom is -0.394 e. The average molecular weight is 258 g/mol. The van der Waals surface area contributed by atoms with E-state index in [4.69, 9.17) is 21.4 Å². The van der Waals surface area contributed by atoms with Crippen LogP contribution in [0.3, 0.4) is 0 Å². The minimum absolute atomic E-state index is 0.0732. The van der Waals surface area contributed by atoms with Crippen LogP contribution < -0.4 is 0 Å². The summed E-state index contributed by atoms with van der Waals surface area (Å²) in [6, 6.07) is 8.12. The second kappa shape index (κ2) is 7.67. The van der Waals surface area contributed by atoms with Gasteiger partial charge in [-0.2, -0.15) is 0 Å². The summed E-state index contributed by atoms with van der Waals surface area (Å²) < 4.78 is 5.25. The molecule has 3 nitrogen and oxygen atoms in total. The lowest BCUT2D eigenvalue weighted by Crippen LogP contribution is -2.27. The third kappa shape index (κ3) is 4.64. The highest BCUT2D eigenvalue weighted by molar-refractivity contribution is 6.31. The highest BCUT2D eigenvalue weighted by Gasteiger charge is 2.13. The van der Waals surface area contributed by atoms with E-state index in [1.165, 1.54) is 0 Å². The maximum Gasteiger partial charge on any atom is 0.0698 e. The summed E-state index contributed by atoms with van der Waals surface area (Å²) in [6.45, 7) is 4.02. The summed E-state index contributed by atoms with van der Waals surface area (Å²) in [6.07, 6.45) is 0. The first-order valence-corrected chi connectivity index (χ1v) is 6.18. The number of likely N-dealkylation sites (N-methyl/N-ethyl adjacent to an activating group) is 1. The quantitative estimate of drug-likeness (QED) is 0.761. The van der Waals surface area contributed by atoms with Crippen LogP contribution in [0.15, 0.2) is 24.3 Å². The topological polar surface area (TPSA) is 32.7 Å². The van der Waals surface area contributed by atoms with Gasteiger partial charge in [-0.1, -0.05) is 29.8 Å². The Labute approximate surface area is 108 Å². The Hall–Kier alpha value is -0.610. The van der Waals surface area contributed by atoms with E-state index in [0.717, 1.165) is 17.1 Å². The molecule has 0 radical (unpaired) electrons. The molecule has 1 aromatic carbocycles. The number of hydrogen-bond donors (Lipinski definition) is 1. The van der Waals surface area contributed by atoms with Crippen LogP contribution in [0.5, 0.6) is 0 Å². The Kier molecular flexibility index (Phi) is 6.52. The molecule has 1 aromatic rings. The fourth-order valence-electron chi connectivity index (χ4n) is 1.62. The smallest absolute Gasteiger partial charge is 0.0698 e. The lowest BCUT2D eigenvalue weighted by Gasteiger charge is -2.25. The van der Waals surface area contributed by atoms with Gasteiger partial charge in [-0.05, 0) is 25.6 Å². The van der Waals surface area contributed by atoms with Crippen molar-refractivity contribution in [3.8, 4) is 0 Å². The minimum atomic E-state index is 0.0732. The molecule has 96 valence electrons. The number of ether oxygens (including phenoxy) is 1. The van der Waals surface area contributed by atoms with E-state index >= 15 is 0 Å². The molecule has 1 N–H and O–H groups in total. The molecule has 0 aromatic heterocycles. The first-order chi connectivity index (χ1) is 8.16. The van der Waals surface area contributed by atoms with Crippen molar-refractivity contribution in [3.05, 3.63) is 34.9 Å². The molecule has 0 bridgehead atoms. The molecule has 0 saturated carbocycles. The van der Waals surface area contributed by atoms with Gasteiger partial charge in [-0.3, -0.25) is 4.90 Å². The van der Waals surface area contributed by atoms with Crippen LogP contribution in [0.2, 0.25) is 5.02 Å². The van der Waals surface area contributed by atoms with Gasteiger partial charge in [0, 0.05) is 17.6 Å². The van der Waals surface area contributed by atoms with Gasteiger partial charge in [-0.15, -0.1) is 0 Å². The molecule has 0 aliphatic carbocycles. The van der Waals surface area contributed by atoms with Crippen molar-refractivity contribution in [1.82, 2.24) is 4.90 Å². The normalized spacial score (nSPS) is 13.0. The maximum absolute atomic E-state index is 8.60. The van der Waals surface area contributed by atoms with Gasteiger partial charge >= 0.3 is 0 Å². The van der Waals surface area contributed by atoms with E-state index in [1.54, 1.807) is 0 Å². The van der Waals surface area contributed by atoms with E-state index < -0.39 is 0 Å². The zero-order valence-electron chi connectivity index (χ0n) is 10.4. The van der Waals surface area contributed by atoms with Crippen LogP contribution in [-0.4, -0.2) is 43.4 Å². The molecule has 0 fully saturated rings. The maximum atomic E-state index is 8.60. The van der Waals surface area contributed by atoms with E-state index in [2.05, 4.69) is 11.8 Å². The van der Waals surface area contributed by atoms with Crippen LogP contribution in [0.4, 0.5) is 0 Å². The fraction of sp³-hybridized carbons (Fsp3) is 0.538. The molecule has 0 amide bonds. The largest absolute Gasteiger partial charge is 0.394 e. The number of halogens is 1. The molecular formula is C13H20ClNO2. The number of nitrogens with zero attached hydrogens (tertiary/aromatic N) is 1. The highest BCUT2D eigenvalue weighted by atomic mass is 35.5. The van der Waals surface area contributed by atoms with E-state index in [1.807, 2.05) is 31.3 Å². The van der Waals surface area contributed by atoms with Crippen molar-refractivity contribution >= 4 is 11.6 Å². The second-order valence-electron chi connectivity index (χ2n) is 4.01. The number of aliphatic hydroxyl groups is 1. The molecule has 1 unspecified atom stereocenters. The van der Waals surface area contributed by atoms with Gasteiger partial charge in [0.1, 0.15) is 0 Å². The van der Waals surface area contributed by atoms with Gasteiger partial charge in [-0.25, -0.2) is 0 Å². The van der Waals surface area contributed by atoms with Gasteiger partial charge in [0.15, 0.2) is 0 Å². The molecular weight excluding hydrogens is 238 g/mol. The lowest BCUT2D eigenvalue weighted by atomic mass is 10.1. The molecule has 1 atom stereocenters. The molecule has 0 aliphatic heterocycles. The number of benzene rings is 1. The van der Waals surface area contributed by atoms with Crippen molar-refractivity contribution in [3.63, 3.8) is 0 Å². The molecule has 17 heavy (non-hydrogen) atoms. The Morgan fingerprint density at radius 2 is 2.06 bits per heavy atom. The summed E-state index contributed by atoms with van der Waals surface area (Å²) in [7, 11) is 2.04. The van der Waals surface area contributed by atoms with Crippen molar-refractivity contribution in [2.45, 2.75) is 13.0 Å². The number of hydrogen-bond acceptors (Lipinski definition) is 3. The molecule has 0 heterocycles. The molecule has 4 heteroatoms. The fourth-order valence-corrected chi connectivity index (χ4v) is 1.91. The van der Waals surface area contributed by atoms with Crippen LogP contribution in [0.1, 0.15) is 18.5 Å². The second-order valence-corrected chi connectivity index (χ2v) is 4.42. The molecule has 0 saturated heterocycles. The Bertz CT molecular complexity index is 333. The first kappa shape index (κ1) is 14.5. The van der Waals surface area contributed by atoms with Crippen LogP contribution in [-0.2, 0) is 4.74 Å². The van der Waals surface area contributed by atoms with Crippen LogP contribution >= 0.6 is 11.6 Å². The monoisotopic (exact) mass is 257 g/mol. The van der Waals surface area contributed by atoms with Gasteiger partial charge in [0.2, 0.25) is 0 Å². The summed E-state index contributed by atoms with van der Waals surface area (Å²) in [5.74, 6) is 0. The van der Waals surface area contributed by atoms with Crippen molar-refractivity contribution in [2.75, 3.05) is 33.4 Å². The third-order valence-corrected chi connectivity index (χ3v) is 3.18. The predicted molar refractivity (Wildman–Crippen MR) is 70.4 cm³/mol. The van der Waals surface area contributed by atoms with Crippen molar-refractivity contribution < 1.29 is 9.84 Å². The number of aliphatic hydroxyl groups excluding tert-OH is 1.